The van der Waals surface area contributed by atoms with E-state index in [-0.39, 0.29) is 24.7 Å². The summed E-state index contributed by atoms with van der Waals surface area (Å²) in [6.07, 6.45) is 1.96. The lowest BCUT2D eigenvalue weighted by Gasteiger charge is -2.48. The maximum atomic E-state index is 12.8. The first-order valence-electron chi connectivity index (χ1n) is 7.86. The van der Waals surface area contributed by atoms with E-state index < -0.39 is 27.5 Å². The Morgan fingerprint density at radius 2 is 2.00 bits per heavy atom. The maximum Gasteiger partial charge on any atom is 0.249 e. The number of carbonyl (C=O) groups is 1. The van der Waals surface area contributed by atoms with Crippen LogP contribution < -0.4 is 5.32 Å². The van der Waals surface area contributed by atoms with E-state index in [1.165, 1.54) is 10.6 Å². The van der Waals surface area contributed by atoms with Gasteiger partial charge in [-0.3, -0.25) is 4.79 Å². The van der Waals surface area contributed by atoms with E-state index in [0.29, 0.717) is 32.7 Å². The second-order valence-electron chi connectivity index (χ2n) is 6.97. The van der Waals surface area contributed by atoms with Gasteiger partial charge in [-0.25, -0.2) is 17.2 Å². The van der Waals surface area contributed by atoms with Gasteiger partial charge in [0.1, 0.15) is 0 Å². The van der Waals surface area contributed by atoms with Crippen LogP contribution in [0.25, 0.3) is 0 Å². The van der Waals surface area contributed by atoms with Gasteiger partial charge in [0.25, 0.3) is 0 Å². The van der Waals surface area contributed by atoms with Gasteiger partial charge in [-0.2, -0.15) is 4.31 Å². The highest BCUT2D eigenvalue weighted by atomic mass is 32.2. The molecule has 0 aromatic heterocycles. The standard InChI is InChI=1S/C14H22F2N2O4S/c1-23(20,21)18-8-13(9-18)11(3-5-22-13)2-4-17-12(19)10-6-14(15,16)7-10/h10-11H,2-9H2,1H3,(H,17,19)/t11-/m0/s1. The van der Waals surface area contributed by atoms with Crippen molar-refractivity contribution in [1.82, 2.24) is 9.62 Å². The summed E-state index contributed by atoms with van der Waals surface area (Å²) in [6, 6.07) is 0. The molecule has 132 valence electrons. The Morgan fingerprint density at radius 1 is 1.35 bits per heavy atom. The molecule has 23 heavy (non-hydrogen) atoms. The lowest BCUT2D eigenvalue weighted by molar-refractivity contribution is -0.150. The number of ether oxygens (including phenoxy) is 1. The molecule has 0 unspecified atom stereocenters. The first kappa shape index (κ1) is 17.0. The number of alkyl halides is 2. The van der Waals surface area contributed by atoms with E-state index in [9.17, 15) is 22.0 Å². The molecule has 0 aromatic carbocycles. The second-order valence-corrected chi connectivity index (χ2v) is 8.95. The topological polar surface area (TPSA) is 75.7 Å². The minimum atomic E-state index is -3.19. The van der Waals surface area contributed by atoms with Crippen LogP contribution in [0, 0.1) is 11.8 Å². The van der Waals surface area contributed by atoms with Gasteiger partial charge in [0, 0.05) is 45.0 Å². The third kappa shape index (κ3) is 3.36. The van der Waals surface area contributed by atoms with Gasteiger partial charge in [0.2, 0.25) is 21.9 Å². The summed E-state index contributed by atoms with van der Waals surface area (Å²) in [5.74, 6) is -3.39. The zero-order valence-electron chi connectivity index (χ0n) is 13.1. The molecular weight excluding hydrogens is 330 g/mol. The van der Waals surface area contributed by atoms with Gasteiger partial charge >= 0.3 is 0 Å². The summed E-state index contributed by atoms with van der Waals surface area (Å²) in [6.45, 7) is 1.72. The maximum absolute atomic E-state index is 12.8. The fourth-order valence-corrected chi connectivity index (χ4v) is 4.59. The lowest BCUT2D eigenvalue weighted by Crippen LogP contribution is -2.65. The zero-order valence-corrected chi connectivity index (χ0v) is 13.9. The summed E-state index contributed by atoms with van der Waals surface area (Å²) in [4.78, 5) is 11.8. The third-order valence-electron chi connectivity index (χ3n) is 5.21. The highest BCUT2D eigenvalue weighted by molar-refractivity contribution is 7.88. The molecule has 3 fully saturated rings. The Hall–Kier alpha value is -0.800. The summed E-state index contributed by atoms with van der Waals surface area (Å²) < 4.78 is 55.6. The number of carbonyl (C=O) groups excluding carboxylic acids is 1. The average molecular weight is 352 g/mol. The molecule has 1 amide bonds. The van der Waals surface area contributed by atoms with Crippen LogP contribution in [0.2, 0.25) is 0 Å². The normalized spacial score (nSPS) is 30.0. The van der Waals surface area contributed by atoms with E-state index in [4.69, 9.17) is 4.74 Å². The predicted molar refractivity (Wildman–Crippen MR) is 78.5 cm³/mol. The molecule has 2 heterocycles. The van der Waals surface area contributed by atoms with Crippen LogP contribution in [0.15, 0.2) is 0 Å². The van der Waals surface area contributed by atoms with E-state index >= 15 is 0 Å². The largest absolute Gasteiger partial charge is 0.372 e. The van der Waals surface area contributed by atoms with Crippen molar-refractivity contribution in [3.05, 3.63) is 0 Å². The molecule has 3 aliphatic rings. The SMILES string of the molecule is CS(=O)(=O)N1CC2(C1)OCC[C@@H]2CCNC(=O)C1CC(F)(F)C1. The zero-order chi connectivity index (χ0) is 16.9. The Morgan fingerprint density at radius 3 is 2.57 bits per heavy atom. The molecule has 1 N–H and O–H groups in total. The second kappa shape index (κ2) is 5.63. The van der Waals surface area contributed by atoms with Gasteiger partial charge in [-0.05, 0) is 18.8 Å². The monoisotopic (exact) mass is 352 g/mol. The van der Waals surface area contributed by atoms with Gasteiger partial charge in [0.05, 0.1) is 11.9 Å². The Bertz CT molecular complexity index is 582. The minimum Gasteiger partial charge on any atom is -0.372 e. The highest BCUT2D eigenvalue weighted by Gasteiger charge is 2.55. The van der Waals surface area contributed by atoms with E-state index in [2.05, 4.69) is 5.32 Å². The van der Waals surface area contributed by atoms with Crippen molar-refractivity contribution < 1.29 is 26.7 Å². The molecule has 1 aliphatic carbocycles. The molecule has 2 aliphatic heterocycles. The van der Waals surface area contributed by atoms with Crippen molar-refractivity contribution in [2.24, 2.45) is 11.8 Å². The van der Waals surface area contributed by atoms with Crippen molar-refractivity contribution in [2.75, 3.05) is 32.5 Å². The van der Waals surface area contributed by atoms with Gasteiger partial charge in [-0.1, -0.05) is 0 Å². The molecule has 0 radical (unpaired) electrons. The van der Waals surface area contributed by atoms with Crippen molar-refractivity contribution in [3.63, 3.8) is 0 Å². The average Bonchev–Trinajstić information content (AvgIpc) is 2.76. The smallest absolute Gasteiger partial charge is 0.249 e. The number of hydrogen-bond acceptors (Lipinski definition) is 4. The van der Waals surface area contributed by atoms with Crippen molar-refractivity contribution in [1.29, 1.82) is 0 Å². The van der Waals surface area contributed by atoms with Crippen molar-refractivity contribution in [2.45, 2.75) is 37.2 Å². The number of halogens is 2. The number of hydrogen-bond donors (Lipinski definition) is 1. The van der Waals surface area contributed by atoms with Crippen LogP contribution in [0.4, 0.5) is 8.78 Å². The Kier molecular flexibility index (Phi) is 4.17. The molecule has 1 atom stereocenters. The van der Waals surface area contributed by atoms with Gasteiger partial charge < -0.3 is 10.1 Å². The molecule has 1 saturated carbocycles. The summed E-state index contributed by atoms with van der Waals surface area (Å²) >= 11 is 0. The number of nitrogens with zero attached hydrogens (tertiary/aromatic N) is 1. The minimum absolute atomic E-state index is 0.184. The van der Waals surface area contributed by atoms with Crippen LogP contribution in [0.3, 0.4) is 0 Å². The van der Waals surface area contributed by atoms with Crippen molar-refractivity contribution >= 4 is 15.9 Å². The molecule has 1 spiro atoms. The lowest BCUT2D eigenvalue weighted by atomic mass is 9.79. The van der Waals surface area contributed by atoms with Crippen LogP contribution in [0.1, 0.15) is 25.7 Å². The number of amides is 1. The number of sulfonamides is 1. The molecule has 2 saturated heterocycles. The molecule has 3 rings (SSSR count). The Balaban J connectivity index is 1.43. The summed E-state index contributed by atoms with van der Waals surface area (Å²) in [5, 5.41) is 2.72. The molecule has 9 heteroatoms. The molecular formula is C14H22F2N2O4S. The van der Waals surface area contributed by atoms with E-state index in [0.717, 1.165) is 6.42 Å². The first-order valence-corrected chi connectivity index (χ1v) is 9.71. The van der Waals surface area contributed by atoms with E-state index in [1.807, 2.05) is 0 Å². The fraction of sp³-hybridized carbons (Fsp3) is 0.929. The highest BCUT2D eigenvalue weighted by Crippen LogP contribution is 2.43. The summed E-state index contributed by atoms with van der Waals surface area (Å²) in [7, 11) is -3.19. The Labute approximate surface area is 134 Å². The number of nitrogens with one attached hydrogen (secondary N) is 1. The van der Waals surface area contributed by atoms with Crippen LogP contribution in [-0.4, -0.2) is 62.7 Å². The van der Waals surface area contributed by atoms with Crippen LogP contribution >= 0.6 is 0 Å². The molecule has 6 nitrogen and oxygen atoms in total. The van der Waals surface area contributed by atoms with Gasteiger partial charge in [0.15, 0.2) is 0 Å². The first-order chi connectivity index (χ1) is 10.6. The summed E-state index contributed by atoms with van der Waals surface area (Å²) in [5.41, 5.74) is -0.433. The predicted octanol–water partition coefficient (Wildman–Crippen LogP) is 0.588. The van der Waals surface area contributed by atoms with Gasteiger partial charge in [-0.15, -0.1) is 0 Å². The molecule has 0 bridgehead atoms. The van der Waals surface area contributed by atoms with E-state index in [1.54, 1.807) is 0 Å². The quantitative estimate of drug-likeness (QED) is 0.786. The van der Waals surface area contributed by atoms with Crippen LogP contribution in [-0.2, 0) is 19.6 Å². The third-order valence-corrected chi connectivity index (χ3v) is 6.41. The number of rotatable bonds is 5. The fourth-order valence-electron chi connectivity index (χ4n) is 3.69. The van der Waals surface area contributed by atoms with Crippen LogP contribution in [0.5, 0.6) is 0 Å². The molecule has 0 aromatic rings. The van der Waals surface area contributed by atoms with Crippen molar-refractivity contribution in [3.8, 4) is 0 Å².